The average molecular weight is 399 g/mol. The van der Waals surface area contributed by atoms with Gasteiger partial charge in [-0.15, -0.1) is 0 Å². The minimum absolute atomic E-state index is 0.0187. The van der Waals surface area contributed by atoms with Crippen LogP contribution in [0.3, 0.4) is 0 Å². The highest BCUT2D eigenvalue weighted by molar-refractivity contribution is 5.95. The monoisotopic (exact) mass is 398 g/mol. The van der Waals surface area contributed by atoms with Gasteiger partial charge in [0.05, 0.1) is 12.2 Å². The molecule has 1 aromatic carbocycles. The summed E-state index contributed by atoms with van der Waals surface area (Å²) in [5.41, 5.74) is 1.50. The summed E-state index contributed by atoms with van der Waals surface area (Å²) in [4.78, 5) is 25.0. The van der Waals surface area contributed by atoms with Crippen LogP contribution in [0.15, 0.2) is 18.2 Å². The average Bonchev–Trinajstić information content (AvgIpc) is 2.59. The van der Waals surface area contributed by atoms with Crippen LogP contribution in [-0.4, -0.2) is 23.5 Å². The molecule has 0 spiro atoms. The number of benzene rings is 1. The van der Waals surface area contributed by atoms with Crippen molar-refractivity contribution in [2.24, 2.45) is 23.2 Å². The Balaban J connectivity index is 1.31. The Morgan fingerprint density at radius 3 is 2.17 bits per heavy atom. The van der Waals surface area contributed by atoms with Gasteiger partial charge in [0, 0.05) is 6.42 Å². The molecule has 4 saturated carbocycles. The van der Waals surface area contributed by atoms with Crippen molar-refractivity contribution in [3.8, 4) is 5.75 Å². The molecular weight excluding hydrogens is 364 g/mol. The molecule has 158 valence electrons. The third-order valence-corrected chi connectivity index (χ3v) is 7.28. The van der Waals surface area contributed by atoms with Gasteiger partial charge in [-0.05, 0) is 84.8 Å². The normalized spacial score (nSPS) is 30.2. The summed E-state index contributed by atoms with van der Waals surface area (Å²) in [6.07, 6.45) is 8.19. The molecule has 2 amide bonds. The van der Waals surface area contributed by atoms with Crippen molar-refractivity contribution >= 4 is 17.5 Å². The van der Waals surface area contributed by atoms with Gasteiger partial charge < -0.3 is 15.7 Å². The molecule has 0 atom stereocenters. The summed E-state index contributed by atoms with van der Waals surface area (Å²) in [5, 5.41) is 15.6. The van der Waals surface area contributed by atoms with Gasteiger partial charge in [0.25, 0.3) is 0 Å². The summed E-state index contributed by atoms with van der Waals surface area (Å²) in [7, 11) is 0. The molecule has 0 heterocycles. The molecule has 4 aliphatic carbocycles. The fourth-order valence-corrected chi connectivity index (χ4v) is 6.39. The van der Waals surface area contributed by atoms with Crippen molar-refractivity contribution in [1.29, 1.82) is 0 Å². The maximum Gasteiger partial charge on any atom is 0.243 e. The highest BCUT2D eigenvalue weighted by atomic mass is 16.3. The van der Waals surface area contributed by atoms with E-state index < -0.39 is 0 Å². The van der Waals surface area contributed by atoms with Gasteiger partial charge in [0.2, 0.25) is 11.8 Å². The SMILES string of the molecule is CC(C)(C)c1ccc(O)c(NC(=O)CNC(=O)CC23CC4CC(CC(C4)C2)C3)c1. The van der Waals surface area contributed by atoms with E-state index in [1.54, 1.807) is 12.1 Å². The molecule has 5 nitrogen and oxygen atoms in total. The molecule has 0 radical (unpaired) electrons. The number of amides is 2. The zero-order valence-electron chi connectivity index (χ0n) is 17.9. The van der Waals surface area contributed by atoms with Crippen molar-refractivity contribution < 1.29 is 14.7 Å². The Bertz CT molecular complexity index is 774. The minimum Gasteiger partial charge on any atom is -0.506 e. The first-order chi connectivity index (χ1) is 13.6. The Kier molecular flexibility index (Phi) is 5.12. The van der Waals surface area contributed by atoms with E-state index in [-0.39, 0.29) is 34.9 Å². The molecular formula is C24H34N2O3. The van der Waals surface area contributed by atoms with E-state index in [1.165, 1.54) is 38.5 Å². The van der Waals surface area contributed by atoms with Crippen molar-refractivity contribution in [3.05, 3.63) is 23.8 Å². The van der Waals surface area contributed by atoms with E-state index in [0.717, 1.165) is 23.3 Å². The molecule has 0 aromatic heterocycles. The first-order valence-corrected chi connectivity index (χ1v) is 11.0. The summed E-state index contributed by atoms with van der Waals surface area (Å²) < 4.78 is 0. The number of anilines is 1. The number of rotatable bonds is 5. The number of hydrogen-bond donors (Lipinski definition) is 3. The lowest BCUT2D eigenvalue weighted by Crippen LogP contribution is -2.48. The Morgan fingerprint density at radius 1 is 1.03 bits per heavy atom. The molecule has 0 unspecified atom stereocenters. The topological polar surface area (TPSA) is 78.4 Å². The highest BCUT2D eigenvalue weighted by Crippen LogP contribution is 2.61. The number of phenolic OH excluding ortho intramolecular Hbond substituents is 1. The Morgan fingerprint density at radius 2 is 1.62 bits per heavy atom. The van der Waals surface area contributed by atoms with Crippen LogP contribution in [0.25, 0.3) is 0 Å². The van der Waals surface area contributed by atoms with Crippen LogP contribution >= 0.6 is 0 Å². The molecule has 5 rings (SSSR count). The smallest absolute Gasteiger partial charge is 0.243 e. The van der Waals surface area contributed by atoms with Crippen LogP contribution in [0, 0.1) is 23.2 Å². The van der Waals surface area contributed by atoms with E-state index in [9.17, 15) is 14.7 Å². The van der Waals surface area contributed by atoms with Crippen LogP contribution in [-0.2, 0) is 15.0 Å². The van der Waals surface area contributed by atoms with Gasteiger partial charge in [-0.1, -0.05) is 26.8 Å². The van der Waals surface area contributed by atoms with E-state index in [2.05, 4.69) is 31.4 Å². The molecule has 4 fully saturated rings. The molecule has 5 heteroatoms. The van der Waals surface area contributed by atoms with Crippen molar-refractivity contribution in [2.45, 2.75) is 71.1 Å². The molecule has 3 N–H and O–H groups in total. The number of nitrogens with one attached hydrogen (secondary N) is 2. The quantitative estimate of drug-likeness (QED) is 0.645. The number of carbonyl (C=O) groups is 2. The zero-order chi connectivity index (χ0) is 20.8. The highest BCUT2D eigenvalue weighted by Gasteiger charge is 2.51. The number of aromatic hydroxyl groups is 1. The molecule has 0 saturated heterocycles. The third kappa shape index (κ3) is 4.44. The van der Waals surface area contributed by atoms with Crippen LogP contribution < -0.4 is 10.6 Å². The molecule has 4 aliphatic rings. The van der Waals surface area contributed by atoms with Gasteiger partial charge >= 0.3 is 0 Å². The fourth-order valence-electron chi connectivity index (χ4n) is 6.39. The summed E-state index contributed by atoms with van der Waals surface area (Å²) in [6, 6.07) is 5.25. The predicted molar refractivity (Wildman–Crippen MR) is 114 cm³/mol. The minimum atomic E-state index is -0.315. The summed E-state index contributed by atoms with van der Waals surface area (Å²) >= 11 is 0. The lowest BCUT2D eigenvalue weighted by Gasteiger charge is -2.56. The molecule has 4 bridgehead atoms. The number of carbonyl (C=O) groups excluding carboxylic acids is 2. The number of phenols is 1. The van der Waals surface area contributed by atoms with E-state index in [1.807, 2.05) is 6.07 Å². The summed E-state index contributed by atoms with van der Waals surface area (Å²) in [6.45, 7) is 6.17. The van der Waals surface area contributed by atoms with Gasteiger partial charge in [-0.3, -0.25) is 9.59 Å². The van der Waals surface area contributed by atoms with Crippen molar-refractivity contribution in [3.63, 3.8) is 0 Å². The van der Waals surface area contributed by atoms with Crippen LogP contribution in [0.1, 0.15) is 71.3 Å². The van der Waals surface area contributed by atoms with Gasteiger partial charge in [0.15, 0.2) is 0 Å². The largest absolute Gasteiger partial charge is 0.506 e. The molecule has 0 aliphatic heterocycles. The Hall–Kier alpha value is -2.04. The lowest BCUT2D eigenvalue weighted by molar-refractivity contribution is -0.131. The third-order valence-electron chi connectivity index (χ3n) is 7.28. The zero-order valence-corrected chi connectivity index (χ0v) is 17.9. The van der Waals surface area contributed by atoms with E-state index >= 15 is 0 Å². The second-order valence-electron chi connectivity index (χ2n) is 10.9. The maximum atomic E-state index is 12.6. The summed E-state index contributed by atoms with van der Waals surface area (Å²) in [5.74, 6) is 2.15. The van der Waals surface area contributed by atoms with Crippen LogP contribution in [0.2, 0.25) is 0 Å². The predicted octanol–water partition coefficient (Wildman–Crippen LogP) is 4.35. The van der Waals surface area contributed by atoms with E-state index in [4.69, 9.17) is 0 Å². The first-order valence-electron chi connectivity index (χ1n) is 11.0. The van der Waals surface area contributed by atoms with Crippen molar-refractivity contribution in [2.75, 3.05) is 11.9 Å². The first kappa shape index (κ1) is 20.2. The van der Waals surface area contributed by atoms with Crippen molar-refractivity contribution in [1.82, 2.24) is 5.32 Å². The van der Waals surface area contributed by atoms with E-state index in [0.29, 0.717) is 12.1 Å². The number of hydrogen-bond acceptors (Lipinski definition) is 3. The van der Waals surface area contributed by atoms with Gasteiger partial charge in [0.1, 0.15) is 5.75 Å². The standard InChI is InChI=1S/C24H34N2O3/c1-23(2,3)18-4-5-20(27)19(9-18)26-22(29)14-25-21(28)13-24-10-15-6-16(11-24)8-17(7-15)12-24/h4-5,9,15-17,27H,6-8,10-14H2,1-3H3,(H,25,28)(H,26,29). The Labute approximate surface area is 173 Å². The fraction of sp³-hybridized carbons (Fsp3) is 0.667. The van der Waals surface area contributed by atoms with Crippen LogP contribution in [0.4, 0.5) is 5.69 Å². The van der Waals surface area contributed by atoms with Crippen LogP contribution in [0.5, 0.6) is 5.75 Å². The second-order valence-corrected chi connectivity index (χ2v) is 10.9. The van der Waals surface area contributed by atoms with Gasteiger partial charge in [-0.2, -0.15) is 0 Å². The molecule has 29 heavy (non-hydrogen) atoms. The molecule has 1 aromatic rings. The lowest BCUT2D eigenvalue weighted by atomic mass is 9.49. The maximum absolute atomic E-state index is 12.6. The second kappa shape index (κ2) is 7.33. The van der Waals surface area contributed by atoms with Gasteiger partial charge in [-0.25, -0.2) is 0 Å².